The molecule has 88 valence electrons. The van der Waals surface area contributed by atoms with E-state index in [-0.39, 0.29) is 0 Å². The van der Waals surface area contributed by atoms with Crippen LogP contribution < -0.4 is 5.32 Å². The Bertz CT molecular complexity index is 461. The number of aromatic nitrogens is 4. The predicted molar refractivity (Wildman–Crippen MR) is 65.0 cm³/mol. The predicted octanol–water partition coefficient (Wildman–Crippen LogP) is 1.46. The highest BCUT2D eigenvalue weighted by Crippen LogP contribution is 2.21. The second-order valence-electron chi connectivity index (χ2n) is 3.81. The molecular weight excluding hydrogens is 222 g/mol. The zero-order valence-electron chi connectivity index (χ0n) is 9.90. The molecule has 0 amide bonds. The van der Waals surface area contributed by atoms with Crippen LogP contribution in [0.15, 0.2) is 0 Å². The van der Waals surface area contributed by atoms with Gasteiger partial charge in [0.05, 0.1) is 0 Å². The zero-order valence-corrected chi connectivity index (χ0v) is 10.7. The Kier molecular flexibility index (Phi) is 3.50. The first-order chi connectivity index (χ1) is 7.76. The van der Waals surface area contributed by atoms with Crippen molar-refractivity contribution in [3.63, 3.8) is 0 Å². The van der Waals surface area contributed by atoms with E-state index in [4.69, 9.17) is 0 Å². The molecule has 0 aliphatic rings. The highest BCUT2D eigenvalue weighted by molar-refractivity contribution is 7.16. The van der Waals surface area contributed by atoms with Gasteiger partial charge in [0.2, 0.25) is 4.96 Å². The number of fused-ring (bicyclic) bond motifs is 1. The Hall–Kier alpha value is -1.01. The van der Waals surface area contributed by atoms with Crippen LogP contribution in [0.1, 0.15) is 37.5 Å². The minimum atomic E-state index is 0.427. The highest BCUT2D eigenvalue weighted by atomic mass is 32.1. The second-order valence-corrected chi connectivity index (χ2v) is 4.80. The SMILES string of the molecule is CCNCC(C)c1nn2c(CC)nnc2s1. The van der Waals surface area contributed by atoms with Crippen molar-refractivity contribution in [1.82, 2.24) is 25.1 Å². The summed E-state index contributed by atoms with van der Waals surface area (Å²) in [6, 6.07) is 0. The van der Waals surface area contributed by atoms with Crippen molar-refractivity contribution < 1.29 is 0 Å². The van der Waals surface area contributed by atoms with Crippen LogP contribution in [0.4, 0.5) is 0 Å². The van der Waals surface area contributed by atoms with Crippen molar-refractivity contribution in [3.8, 4) is 0 Å². The lowest BCUT2D eigenvalue weighted by atomic mass is 10.2. The molecule has 5 nitrogen and oxygen atoms in total. The van der Waals surface area contributed by atoms with Crippen LogP contribution in [0.2, 0.25) is 0 Å². The van der Waals surface area contributed by atoms with Crippen molar-refractivity contribution in [2.45, 2.75) is 33.1 Å². The number of likely N-dealkylation sites (N-methyl/N-ethyl adjacent to an activating group) is 1. The molecule has 1 N–H and O–H groups in total. The maximum absolute atomic E-state index is 4.57. The number of aryl methyl sites for hydroxylation is 1. The average molecular weight is 239 g/mol. The van der Waals surface area contributed by atoms with E-state index in [9.17, 15) is 0 Å². The van der Waals surface area contributed by atoms with Gasteiger partial charge in [-0.05, 0) is 6.54 Å². The first kappa shape index (κ1) is 11.5. The maximum atomic E-state index is 4.57. The molecule has 2 heterocycles. The van der Waals surface area contributed by atoms with Gasteiger partial charge in [0.25, 0.3) is 0 Å². The highest BCUT2D eigenvalue weighted by Gasteiger charge is 2.14. The van der Waals surface area contributed by atoms with Crippen molar-refractivity contribution in [2.75, 3.05) is 13.1 Å². The lowest BCUT2D eigenvalue weighted by molar-refractivity contribution is 0.622. The van der Waals surface area contributed by atoms with Crippen LogP contribution in [-0.2, 0) is 6.42 Å². The molecule has 2 aromatic rings. The quantitative estimate of drug-likeness (QED) is 0.858. The standard InChI is InChI=1S/C10H17N5S/c1-4-8-12-13-10-15(8)14-9(16-10)7(3)6-11-5-2/h7,11H,4-6H2,1-3H3. The minimum Gasteiger partial charge on any atom is -0.316 e. The molecule has 0 aromatic carbocycles. The summed E-state index contributed by atoms with van der Waals surface area (Å²) in [6.45, 7) is 8.31. The Morgan fingerprint density at radius 2 is 2.19 bits per heavy atom. The Morgan fingerprint density at radius 3 is 2.88 bits per heavy atom. The largest absolute Gasteiger partial charge is 0.316 e. The lowest BCUT2D eigenvalue weighted by Crippen LogP contribution is -2.19. The summed E-state index contributed by atoms with van der Waals surface area (Å²) >= 11 is 1.63. The molecule has 6 heteroatoms. The van der Waals surface area contributed by atoms with Crippen molar-refractivity contribution in [3.05, 3.63) is 10.8 Å². The summed E-state index contributed by atoms with van der Waals surface area (Å²) in [6.07, 6.45) is 0.867. The van der Waals surface area contributed by atoms with Crippen LogP contribution in [0.5, 0.6) is 0 Å². The topological polar surface area (TPSA) is 55.1 Å². The van der Waals surface area contributed by atoms with Gasteiger partial charge in [-0.15, -0.1) is 10.2 Å². The molecule has 0 bridgehead atoms. The normalized spacial score (nSPS) is 13.4. The third-order valence-corrected chi connectivity index (χ3v) is 3.64. The van der Waals surface area contributed by atoms with Gasteiger partial charge in [0.15, 0.2) is 5.82 Å². The fourth-order valence-electron chi connectivity index (χ4n) is 1.54. The van der Waals surface area contributed by atoms with Gasteiger partial charge in [0, 0.05) is 18.9 Å². The molecule has 0 radical (unpaired) electrons. The molecule has 1 unspecified atom stereocenters. The first-order valence-corrected chi connectivity index (χ1v) is 6.49. The monoisotopic (exact) mass is 239 g/mol. The molecule has 1 atom stereocenters. The van der Waals surface area contributed by atoms with Crippen LogP contribution in [-0.4, -0.2) is 32.9 Å². The van der Waals surface area contributed by atoms with Crippen molar-refractivity contribution >= 4 is 16.3 Å². The van der Waals surface area contributed by atoms with Gasteiger partial charge in [-0.1, -0.05) is 32.1 Å². The molecule has 2 rings (SSSR count). The molecule has 2 aromatic heterocycles. The summed E-state index contributed by atoms with van der Waals surface area (Å²) in [5, 5.41) is 17.2. The summed E-state index contributed by atoms with van der Waals surface area (Å²) < 4.78 is 1.86. The number of hydrogen-bond donors (Lipinski definition) is 1. The molecule has 0 fully saturated rings. The van der Waals surface area contributed by atoms with Crippen LogP contribution >= 0.6 is 11.3 Å². The van der Waals surface area contributed by atoms with E-state index in [0.29, 0.717) is 5.92 Å². The van der Waals surface area contributed by atoms with E-state index in [1.165, 1.54) is 0 Å². The summed E-state index contributed by atoms with van der Waals surface area (Å²) in [5.74, 6) is 1.37. The van der Waals surface area contributed by atoms with Gasteiger partial charge in [-0.25, -0.2) is 0 Å². The van der Waals surface area contributed by atoms with Gasteiger partial charge in [-0.2, -0.15) is 9.61 Å². The summed E-state index contributed by atoms with van der Waals surface area (Å²) in [5.41, 5.74) is 0. The van der Waals surface area contributed by atoms with Crippen LogP contribution in [0.25, 0.3) is 4.96 Å². The Labute approximate surface area is 98.9 Å². The van der Waals surface area contributed by atoms with Crippen LogP contribution in [0, 0.1) is 0 Å². The van der Waals surface area contributed by atoms with E-state index in [1.807, 2.05) is 4.52 Å². The van der Waals surface area contributed by atoms with Crippen molar-refractivity contribution in [2.24, 2.45) is 0 Å². The molecule has 0 saturated carbocycles. The van der Waals surface area contributed by atoms with E-state index in [0.717, 1.165) is 35.3 Å². The molecule has 0 saturated heterocycles. The summed E-state index contributed by atoms with van der Waals surface area (Å²) in [4.78, 5) is 0.898. The number of nitrogens with zero attached hydrogens (tertiary/aromatic N) is 4. The zero-order chi connectivity index (χ0) is 11.5. The number of nitrogens with one attached hydrogen (secondary N) is 1. The first-order valence-electron chi connectivity index (χ1n) is 5.68. The van der Waals surface area contributed by atoms with E-state index in [1.54, 1.807) is 11.3 Å². The smallest absolute Gasteiger partial charge is 0.234 e. The maximum Gasteiger partial charge on any atom is 0.234 e. The van der Waals surface area contributed by atoms with Gasteiger partial charge in [0.1, 0.15) is 5.01 Å². The minimum absolute atomic E-state index is 0.427. The average Bonchev–Trinajstić information content (AvgIpc) is 2.84. The second kappa shape index (κ2) is 4.88. The molecule has 16 heavy (non-hydrogen) atoms. The van der Waals surface area contributed by atoms with E-state index < -0.39 is 0 Å². The Morgan fingerprint density at radius 1 is 1.38 bits per heavy atom. The lowest BCUT2D eigenvalue weighted by Gasteiger charge is -2.06. The van der Waals surface area contributed by atoms with Crippen molar-refractivity contribution in [1.29, 1.82) is 0 Å². The molecule has 0 spiro atoms. The van der Waals surface area contributed by atoms with Gasteiger partial charge >= 0.3 is 0 Å². The number of rotatable bonds is 5. The van der Waals surface area contributed by atoms with Gasteiger partial charge < -0.3 is 5.32 Å². The third-order valence-electron chi connectivity index (χ3n) is 2.51. The fraction of sp³-hybridized carbons (Fsp3) is 0.700. The van der Waals surface area contributed by atoms with Gasteiger partial charge in [-0.3, -0.25) is 0 Å². The molecule has 0 aliphatic heterocycles. The molecular formula is C10H17N5S. The molecule has 0 aliphatic carbocycles. The van der Waals surface area contributed by atoms with E-state index >= 15 is 0 Å². The summed E-state index contributed by atoms with van der Waals surface area (Å²) in [7, 11) is 0. The van der Waals surface area contributed by atoms with E-state index in [2.05, 4.69) is 41.4 Å². The van der Waals surface area contributed by atoms with Crippen LogP contribution in [0.3, 0.4) is 0 Å². The number of hydrogen-bond acceptors (Lipinski definition) is 5. The third kappa shape index (κ3) is 2.08. The Balaban J connectivity index is 2.22. The fourth-order valence-corrected chi connectivity index (χ4v) is 2.45.